The molecule has 4 aromatic rings. The van der Waals surface area contributed by atoms with Crippen molar-refractivity contribution in [3.05, 3.63) is 92.2 Å². The second-order valence-corrected chi connectivity index (χ2v) is 9.65. The summed E-state index contributed by atoms with van der Waals surface area (Å²) in [6.45, 7) is 6.34. The number of benzene rings is 3. The number of carbonyl (C=O) groups is 1. The summed E-state index contributed by atoms with van der Waals surface area (Å²) in [7, 11) is 0. The van der Waals surface area contributed by atoms with E-state index in [1.807, 2.05) is 29.7 Å². The Kier molecular flexibility index (Phi) is 6.99. The zero-order valence-corrected chi connectivity index (χ0v) is 20.9. The molecule has 4 rings (SSSR count). The van der Waals surface area contributed by atoms with Crippen LogP contribution in [0.25, 0.3) is 11.0 Å². The summed E-state index contributed by atoms with van der Waals surface area (Å²) in [5.74, 6) is 0.917. The second kappa shape index (κ2) is 9.76. The molecule has 0 radical (unpaired) electrons. The van der Waals surface area contributed by atoms with E-state index in [1.165, 1.54) is 5.56 Å². The van der Waals surface area contributed by atoms with Gasteiger partial charge in [-0.2, -0.15) is 0 Å². The van der Waals surface area contributed by atoms with Crippen LogP contribution in [-0.2, 0) is 17.8 Å². The molecule has 7 heteroatoms. The number of aryl methyl sites for hydroxylation is 1. The van der Waals surface area contributed by atoms with Crippen molar-refractivity contribution in [1.82, 2.24) is 9.55 Å². The van der Waals surface area contributed by atoms with Gasteiger partial charge in [0.1, 0.15) is 12.4 Å². The molecule has 33 heavy (non-hydrogen) atoms. The molecule has 1 aromatic heterocycles. The summed E-state index contributed by atoms with van der Waals surface area (Å²) in [6.07, 6.45) is 0.389. The summed E-state index contributed by atoms with van der Waals surface area (Å²) in [5, 5.41) is 4.77. The van der Waals surface area contributed by atoms with Crippen LogP contribution in [0.4, 0.5) is 5.69 Å². The Morgan fingerprint density at radius 1 is 1.03 bits per heavy atom. The molecule has 0 fully saturated rings. The van der Waals surface area contributed by atoms with Gasteiger partial charge in [-0.05, 0) is 65.9 Å². The van der Waals surface area contributed by atoms with Crippen LogP contribution in [0.1, 0.15) is 42.3 Å². The van der Waals surface area contributed by atoms with Crippen molar-refractivity contribution in [3.8, 4) is 0 Å². The number of hydrogen-bond donors (Lipinski definition) is 1. The van der Waals surface area contributed by atoms with Crippen LogP contribution in [0, 0.1) is 6.92 Å². The molecule has 0 saturated heterocycles. The van der Waals surface area contributed by atoms with E-state index in [0.29, 0.717) is 38.7 Å². The van der Waals surface area contributed by atoms with E-state index in [-0.39, 0.29) is 12.5 Å². The average molecular weight is 501 g/mol. The molecule has 0 atom stereocenters. The van der Waals surface area contributed by atoms with Crippen molar-refractivity contribution in [2.24, 2.45) is 0 Å². The summed E-state index contributed by atoms with van der Waals surface area (Å²) in [4.78, 5) is 17.9. The maximum atomic E-state index is 13.1. The lowest BCUT2D eigenvalue weighted by molar-refractivity contribution is -0.116. The van der Waals surface area contributed by atoms with Crippen LogP contribution in [0.15, 0.2) is 54.6 Å². The largest absolute Gasteiger partial charge is 0.324 e. The fourth-order valence-corrected chi connectivity index (χ4v) is 4.49. The number of fused-ring (bicyclic) bond motifs is 1. The van der Waals surface area contributed by atoms with Crippen LogP contribution >= 0.6 is 34.8 Å². The molecule has 170 valence electrons. The fourth-order valence-electron chi connectivity index (χ4n) is 3.79. The van der Waals surface area contributed by atoms with Gasteiger partial charge in [0.05, 0.1) is 11.0 Å². The Labute approximate surface area is 208 Å². The number of anilines is 1. The molecule has 4 nitrogen and oxygen atoms in total. The highest BCUT2D eigenvalue weighted by atomic mass is 35.5. The maximum absolute atomic E-state index is 13.1. The second-order valence-electron chi connectivity index (χ2n) is 8.40. The van der Waals surface area contributed by atoms with Crippen molar-refractivity contribution in [2.45, 2.75) is 39.7 Å². The highest BCUT2D eigenvalue weighted by Crippen LogP contribution is 2.29. The molecule has 0 bridgehead atoms. The Bertz CT molecular complexity index is 1320. The Balaban J connectivity index is 1.69. The summed E-state index contributed by atoms with van der Waals surface area (Å²) in [5.41, 5.74) is 5.30. The highest BCUT2D eigenvalue weighted by Gasteiger charge is 2.18. The van der Waals surface area contributed by atoms with Crippen molar-refractivity contribution in [1.29, 1.82) is 0 Å². The van der Waals surface area contributed by atoms with Gasteiger partial charge in [0.15, 0.2) is 0 Å². The molecule has 0 unspecified atom stereocenters. The molecular formula is C26H24Cl3N3O. The zero-order chi connectivity index (χ0) is 23.7. The molecule has 0 saturated carbocycles. The Hall–Kier alpha value is -2.53. The van der Waals surface area contributed by atoms with Crippen LogP contribution < -0.4 is 5.32 Å². The summed E-state index contributed by atoms with van der Waals surface area (Å²) < 4.78 is 1.89. The molecule has 0 spiro atoms. The van der Waals surface area contributed by atoms with Gasteiger partial charge in [-0.15, -0.1) is 0 Å². The highest BCUT2D eigenvalue weighted by molar-refractivity contribution is 6.36. The van der Waals surface area contributed by atoms with Gasteiger partial charge in [0.2, 0.25) is 5.91 Å². The van der Waals surface area contributed by atoms with E-state index < -0.39 is 0 Å². The molecule has 1 amide bonds. The number of amides is 1. The van der Waals surface area contributed by atoms with Crippen LogP contribution in [0.3, 0.4) is 0 Å². The number of nitrogens with one attached hydrogen (secondary N) is 1. The predicted octanol–water partition coefficient (Wildman–Crippen LogP) is 7.66. The van der Waals surface area contributed by atoms with Gasteiger partial charge >= 0.3 is 0 Å². The molecule has 0 aliphatic carbocycles. The van der Waals surface area contributed by atoms with E-state index in [2.05, 4.69) is 25.2 Å². The van der Waals surface area contributed by atoms with Crippen molar-refractivity contribution < 1.29 is 4.79 Å². The summed E-state index contributed by atoms with van der Waals surface area (Å²) >= 11 is 19.0. The minimum Gasteiger partial charge on any atom is -0.324 e. The number of imidazole rings is 1. The molecule has 3 aromatic carbocycles. The van der Waals surface area contributed by atoms with Crippen LogP contribution in [-0.4, -0.2) is 15.5 Å². The van der Waals surface area contributed by atoms with Gasteiger partial charge < -0.3 is 9.88 Å². The SMILES string of the molecule is Cc1ccc(C(C)C)cc1NC(=O)Cn1c(Cc2c(Cl)cccc2Cl)nc2cc(Cl)ccc21. The van der Waals surface area contributed by atoms with Gasteiger partial charge in [-0.25, -0.2) is 4.98 Å². The van der Waals surface area contributed by atoms with Crippen LogP contribution in [0.2, 0.25) is 15.1 Å². The number of nitrogens with zero attached hydrogens (tertiary/aromatic N) is 2. The standard InChI is InChI=1S/C26H24Cl3N3O/c1-15(2)17-8-7-16(3)22(11-17)31-26(33)14-32-24-10-9-18(27)12-23(24)30-25(32)13-19-20(28)5-4-6-21(19)29/h4-12,15H,13-14H2,1-3H3,(H,31,33). The first-order valence-electron chi connectivity index (χ1n) is 10.7. The minimum absolute atomic E-state index is 0.0981. The number of halogens is 3. The number of hydrogen-bond acceptors (Lipinski definition) is 2. The first-order chi connectivity index (χ1) is 15.7. The van der Waals surface area contributed by atoms with Gasteiger partial charge in [-0.3, -0.25) is 4.79 Å². The average Bonchev–Trinajstić information content (AvgIpc) is 3.08. The van der Waals surface area contributed by atoms with Crippen molar-refractivity contribution in [3.63, 3.8) is 0 Å². The number of carbonyl (C=O) groups excluding carboxylic acids is 1. The van der Waals surface area contributed by atoms with Crippen molar-refractivity contribution in [2.75, 3.05) is 5.32 Å². The maximum Gasteiger partial charge on any atom is 0.244 e. The van der Waals surface area contributed by atoms with Gasteiger partial charge in [-0.1, -0.05) is 66.8 Å². The van der Waals surface area contributed by atoms with Crippen molar-refractivity contribution >= 4 is 57.4 Å². The lowest BCUT2D eigenvalue weighted by atomic mass is 10.0. The topological polar surface area (TPSA) is 46.9 Å². The normalized spacial score (nSPS) is 11.4. The molecule has 0 aliphatic heterocycles. The van der Waals surface area contributed by atoms with E-state index in [1.54, 1.807) is 30.3 Å². The zero-order valence-electron chi connectivity index (χ0n) is 18.6. The van der Waals surface area contributed by atoms with Gasteiger partial charge in [0, 0.05) is 27.2 Å². The van der Waals surface area contributed by atoms with E-state index >= 15 is 0 Å². The lowest BCUT2D eigenvalue weighted by Gasteiger charge is -2.14. The minimum atomic E-state index is -0.139. The smallest absolute Gasteiger partial charge is 0.244 e. The van der Waals surface area contributed by atoms with Gasteiger partial charge in [0.25, 0.3) is 0 Å². The van der Waals surface area contributed by atoms with E-state index in [4.69, 9.17) is 39.8 Å². The van der Waals surface area contributed by atoms with Crippen LogP contribution in [0.5, 0.6) is 0 Å². The molecule has 1 N–H and O–H groups in total. The first kappa shape index (κ1) is 23.6. The third kappa shape index (κ3) is 5.19. The number of rotatable bonds is 6. The number of aromatic nitrogens is 2. The Morgan fingerprint density at radius 3 is 2.45 bits per heavy atom. The lowest BCUT2D eigenvalue weighted by Crippen LogP contribution is -2.21. The quantitative estimate of drug-likeness (QED) is 0.295. The van der Waals surface area contributed by atoms with E-state index in [9.17, 15) is 4.79 Å². The predicted molar refractivity (Wildman–Crippen MR) is 138 cm³/mol. The third-order valence-electron chi connectivity index (χ3n) is 5.69. The first-order valence-corrected chi connectivity index (χ1v) is 11.8. The third-order valence-corrected chi connectivity index (χ3v) is 6.63. The Morgan fingerprint density at radius 2 is 1.76 bits per heavy atom. The monoisotopic (exact) mass is 499 g/mol. The fraction of sp³-hybridized carbons (Fsp3) is 0.231. The van der Waals surface area contributed by atoms with E-state index in [0.717, 1.165) is 22.3 Å². The molecule has 0 aliphatic rings. The summed E-state index contributed by atoms with van der Waals surface area (Å²) in [6, 6.07) is 17.0. The molecule has 1 heterocycles. The molecular weight excluding hydrogens is 477 g/mol.